The van der Waals surface area contributed by atoms with Gasteiger partial charge in [0, 0.05) is 12.2 Å². The molecule has 0 aliphatic heterocycles. The molecule has 3 heteroatoms. The van der Waals surface area contributed by atoms with Gasteiger partial charge in [0.25, 0.3) is 0 Å². The molecule has 0 radical (unpaired) electrons. The van der Waals surface area contributed by atoms with Crippen molar-refractivity contribution in [2.45, 2.75) is 77.0 Å². The van der Waals surface area contributed by atoms with Gasteiger partial charge in [-0.3, -0.25) is 4.79 Å². The van der Waals surface area contributed by atoms with E-state index >= 15 is 0 Å². The van der Waals surface area contributed by atoms with E-state index in [2.05, 4.69) is 19.2 Å². The van der Waals surface area contributed by atoms with Gasteiger partial charge in [-0.05, 0) is 19.3 Å². The lowest BCUT2D eigenvalue weighted by molar-refractivity contribution is -0.143. The fraction of sp³-hybridized carbons (Fsp3) is 0.824. The van der Waals surface area contributed by atoms with Gasteiger partial charge in [0.2, 0.25) is 0 Å². The Morgan fingerprint density at radius 2 is 1.40 bits per heavy atom. The average Bonchev–Trinajstić information content (AvgIpc) is 2.46. The molecule has 0 rings (SSSR count). The van der Waals surface area contributed by atoms with Crippen LogP contribution in [0.15, 0.2) is 12.7 Å². The molecule has 0 bridgehead atoms. The van der Waals surface area contributed by atoms with E-state index in [9.17, 15) is 4.79 Å². The summed E-state index contributed by atoms with van der Waals surface area (Å²) in [4.78, 5) is 11.2. The van der Waals surface area contributed by atoms with Crippen LogP contribution in [0.4, 0.5) is 0 Å². The van der Waals surface area contributed by atoms with Crippen molar-refractivity contribution in [2.75, 3.05) is 12.4 Å². The first-order chi connectivity index (χ1) is 9.81. The van der Waals surface area contributed by atoms with E-state index in [0.717, 1.165) is 19.3 Å². The molecule has 2 nitrogen and oxygen atoms in total. The maximum absolute atomic E-state index is 11.2. The molecule has 118 valence electrons. The summed E-state index contributed by atoms with van der Waals surface area (Å²) in [6, 6.07) is 0. The number of allylic oxidation sites excluding steroid dienone is 1. The standard InChI is InChI=1S/C17H32O2S/c1-2-3-4-5-6-7-8-9-10-11-12-13-14-17(18)19-15-16-20/h2,20H,1,3-16H2. The van der Waals surface area contributed by atoms with E-state index < -0.39 is 0 Å². The van der Waals surface area contributed by atoms with E-state index in [1.807, 2.05) is 6.08 Å². The van der Waals surface area contributed by atoms with E-state index in [-0.39, 0.29) is 5.97 Å². The summed E-state index contributed by atoms with van der Waals surface area (Å²) in [7, 11) is 0. The predicted molar refractivity (Wildman–Crippen MR) is 90.4 cm³/mol. The first kappa shape index (κ1) is 19.6. The molecule has 0 aromatic carbocycles. The highest BCUT2D eigenvalue weighted by molar-refractivity contribution is 7.80. The summed E-state index contributed by atoms with van der Waals surface area (Å²) in [6.07, 6.45) is 16.5. The van der Waals surface area contributed by atoms with Crippen molar-refractivity contribution < 1.29 is 9.53 Å². The second kappa shape index (κ2) is 16.6. The fourth-order valence-electron chi connectivity index (χ4n) is 2.20. The van der Waals surface area contributed by atoms with Gasteiger partial charge in [0.05, 0.1) is 0 Å². The minimum atomic E-state index is -0.0708. The normalized spacial score (nSPS) is 10.4. The molecule has 0 aliphatic carbocycles. The molecule has 0 atom stereocenters. The third-order valence-corrected chi connectivity index (χ3v) is 3.58. The van der Waals surface area contributed by atoms with Crippen LogP contribution >= 0.6 is 12.6 Å². The summed E-state index contributed by atoms with van der Waals surface area (Å²) in [5, 5.41) is 0. The summed E-state index contributed by atoms with van der Waals surface area (Å²) in [6.45, 7) is 4.18. The zero-order valence-corrected chi connectivity index (χ0v) is 13.8. The van der Waals surface area contributed by atoms with Crippen LogP contribution in [0.5, 0.6) is 0 Å². The molecule has 0 aromatic rings. The average molecular weight is 301 g/mol. The van der Waals surface area contributed by atoms with Gasteiger partial charge in [0.15, 0.2) is 0 Å². The van der Waals surface area contributed by atoms with Crippen LogP contribution < -0.4 is 0 Å². The number of unbranched alkanes of at least 4 members (excludes halogenated alkanes) is 10. The van der Waals surface area contributed by atoms with Crippen LogP contribution in [0.1, 0.15) is 77.0 Å². The largest absolute Gasteiger partial charge is 0.465 e. The number of carbonyl (C=O) groups is 1. The predicted octanol–water partition coefficient (Wildman–Crippen LogP) is 5.33. The Morgan fingerprint density at radius 1 is 0.900 bits per heavy atom. The Kier molecular flexibility index (Phi) is 16.2. The Labute approximate surface area is 130 Å². The second-order valence-electron chi connectivity index (χ2n) is 5.31. The van der Waals surface area contributed by atoms with Crippen molar-refractivity contribution in [2.24, 2.45) is 0 Å². The highest BCUT2D eigenvalue weighted by Crippen LogP contribution is 2.12. The number of thiol groups is 1. The first-order valence-electron chi connectivity index (χ1n) is 8.18. The van der Waals surface area contributed by atoms with Crippen LogP contribution in [0.25, 0.3) is 0 Å². The lowest BCUT2D eigenvalue weighted by Gasteiger charge is -2.03. The molecule has 0 unspecified atom stereocenters. The molecular formula is C17H32O2S. The van der Waals surface area contributed by atoms with Crippen molar-refractivity contribution in [3.63, 3.8) is 0 Å². The van der Waals surface area contributed by atoms with Crippen LogP contribution in [0, 0.1) is 0 Å². The number of esters is 1. The number of hydrogen-bond acceptors (Lipinski definition) is 3. The van der Waals surface area contributed by atoms with E-state index in [1.54, 1.807) is 0 Å². The van der Waals surface area contributed by atoms with E-state index in [0.29, 0.717) is 18.8 Å². The van der Waals surface area contributed by atoms with Crippen molar-refractivity contribution in [1.82, 2.24) is 0 Å². The van der Waals surface area contributed by atoms with Gasteiger partial charge in [-0.2, -0.15) is 12.6 Å². The molecule has 0 aromatic heterocycles. The minimum absolute atomic E-state index is 0.0708. The number of carbonyl (C=O) groups excluding carboxylic acids is 1. The Hall–Kier alpha value is -0.440. The topological polar surface area (TPSA) is 26.3 Å². The Morgan fingerprint density at radius 3 is 1.90 bits per heavy atom. The minimum Gasteiger partial charge on any atom is -0.465 e. The lowest BCUT2D eigenvalue weighted by atomic mass is 10.1. The Bertz CT molecular complexity index is 229. The molecule has 0 N–H and O–H groups in total. The third kappa shape index (κ3) is 15.6. The van der Waals surface area contributed by atoms with Crippen molar-refractivity contribution >= 4 is 18.6 Å². The zero-order chi connectivity index (χ0) is 14.9. The highest BCUT2D eigenvalue weighted by atomic mass is 32.1. The Balaban J connectivity index is 3.05. The van der Waals surface area contributed by atoms with Gasteiger partial charge >= 0.3 is 5.97 Å². The monoisotopic (exact) mass is 300 g/mol. The SMILES string of the molecule is C=CCCCCCCCCCCCCC(=O)OCCS. The molecule has 0 saturated carbocycles. The van der Waals surface area contributed by atoms with Crippen LogP contribution in [0.2, 0.25) is 0 Å². The van der Waals surface area contributed by atoms with E-state index in [4.69, 9.17) is 4.74 Å². The maximum Gasteiger partial charge on any atom is 0.305 e. The van der Waals surface area contributed by atoms with Crippen LogP contribution in [-0.2, 0) is 9.53 Å². The number of rotatable bonds is 15. The van der Waals surface area contributed by atoms with Crippen LogP contribution in [-0.4, -0.2) is 18.3 Å². The highest BCUT2D eigenvalue weighted by Gasteiger charge is 2.01. The molecule has 0 fully saturated rings. The van der Waals surface area contributed by atoms with Gasteiger partial charge < -0.3 is 4.74 Å². The maximum atomic E-state index is 11.2. The van der Waals surface area contributed by atoms with Gasteiger partial charge in [-0.25, -0.2) is 0 Å². The second-order valence-corrected chi connectivity index (χ2v) is 5.75. The molecule has 0 spiro atoms. The number of hydrogen-bond donors (Lipinski definition) is 1. The molecule has 0 saturated heterocycles. The third-order valence-electron chi connectivity index (χ3n) is 3.39. The fourth-order valence-corrected chi connectivity index (χ4v) is 2.30. The number of ether oxygens (including phenoxy) is 1. The molecule has 0 aliphatic rings. The van der Waals surface area contributed by atoms with Gasteiger partial charge in [-0.1, -0.05) is 57.4 Å². The molecule has 20 heavy (non-hydrogen) atoms. The zero-order valence-electron chi connectivity index (χ0n) is 12.9. The van der Waals surface area contributed by atoms with Crippen LogP contribution in [0.3, 0.4) is 0 Å². The summed E-state index contributed by atoms with van der Waals surface area (Å²) in [5.41, 5.74) is 0. The van der Waals surface area contributed by atoms with Crippen molar-refractivity contribution in [3.05, 3.63) is 12.7 Å². The summed E-state index contributed by atoms with van der Waals surface area (Å²) >= 11 is 4.00. The van der Waals surface area contributed by atoms with Crippen molar-refractivity contribution in [3.8, 4) is 0 Å². The summed E-state index contributed by atoms with van der Waals surface area (Å²) in [5.74, 6) is 0.540. The molecular weight excluding hydrogens is 268 g/mol. The molecule has 0 heterocycles. The molecule has 0 amide bonds. The summed E-state index contributed by atoms with van der Waals surface area (Å²) < 4.78 is 4.97. The van der Waals surface area contributed by atoms with Gasteiger partial charge in [0.1, 0.15) is 6.61 Å². The smallest absolute Gasteiger partial charge is 0.305 e. The quantitative estimate of drug-likeness (QED) is 0.191. The van der Waals surface area contributed by atoms with Gasteiger partial charge in [-0.15, -0.1) is 6.58 Å². The lowest BCUT2D eigenvalue weighted by Crippen LogP contribution is -2.06. The van der Waals surface area contributed by atoms with Crippen molar-refractivity contribution in [1.29, 1.82) is 0 Å². The van der Waals surface area contributed by atoms with E-state index in [1.165, 1.54) is 51.4 Å². The first-order valence-corrected chi connectivity index (χ1v) is 8.82.